The Kier molecular flexibility index (Phi) is 5.24. The van der Waals surface area contributed by atoms with Crippen molar-refractivity contribution in [2.75, 3.05) is 46.3 Å². The smallest absolute Gasteiger partial charge is 0.318 e. The van der Waals surface area contributed by atoms with E-state index < -0.39 is 17.7 Å². The van der Waals surface area contributed by atoms with E-state index in [1.54, 1.807) is 0 Å². The van der Waals surface area contributed by atoms with Gasteiger partial charge >= 0.3 is 11.8 Å². The van der Waals surface area contributed by atoms with E-state index in [1.165, 1.54) is 11.8 Å². The van der Waals surface area contributed by atoms with E-state index in [2.05, 4.69) is 4.90 Å². The Morgan fingerprint density at radius 3 is 2.17 bits per heavy atom. The average molecular weight is 256 g/mol. The van der Waals surface area contributed by atoms with Crippen LogP contribution in [0.25, 0.3) is 0 Å². The van der Waals surface area contributed by atoms with Crippen molar-refractivity contribution in [3.05, 3.63) is 0 Å². The van der Waals surface area contributed by atoms with Gasteiger partial charge in [-0.2, -0.15) is 0 Å². The van der Waals surface area contributed by atoms with Crippen LogP contribution in [0, 0.1) is 0 Å². The largest absolute Gasteiger partial charge is 0.332 e. The highest BCUT2D eigenvalue weighted by Crippen LogP contribution is 2.02. The highest BCUT2D eigenvalue weighted by Gasteiger charge is 2.30. The predicted molar refractivity (Wildman–Crippen MR) is 65.5 cm³/mol. The van der Waals surface area contributed by atoms with Gasteiger partial charge in [-0.05, 0) is 7.05 Å². The van der Waals surface area contributed by atoms with Crippen LogP contribution in [0.5, 0.6) is 0 Å². The molecule has 0 aromatic heterocycles. The molecule has 18 heavy (non-hydrogen) atoms. The molecule has 0 bridgehead atoms. The molecule has 3 amide bonds. The molecule has 0 saturated carbocycles. The summed E-state index contributed by atoms with van der Waals surface area (Å²) in [6.07, 6.45) is 0. The zero-order valence-corrected chi connectivity index (χ0v) is 10.9. The van der Waals surface area contributed by atoms with Gasteiger partial charge in [-0.3, -0.25) is 19.3 Å². The van der Waals surface area contributed by atoms with Gasteiger partial charge in [0.25, 0.3) is 0 Å². The minimum absolute atomic E-state index is 0.0770. The van der Waals surface area contributed by atoms with Crippen molar-refractivity contribution in [1.29, 1.82) is 0 Å². The summed E-state index contributed by atoms with van der Waals surface area (Å²) in [5.74, 6) is -1.85. The number of imide groups is 1. The van der Waals surface area contributed by atoms with Crippen LogP contribution in [0.2, 0.25) is 0 Å². The first kappa shape index (κ1) is 14.6. The lowest BCUT2D eigenvalue weighted by molar-refractivity contribution is -0.156. The third kappa shape index (κ3) is 3.51. The van der Waals surface area contributed by atoms with Crippen LogP contribution in [0.15, 0.2) is 0 Å². The first-order valence-electron chi connectivity index (χ1n) is 5.97. The van der Waals surface area contributed by atoms with Crippen molar-refractivity contribution in [3.63, 3.8) is 0 Å². The lowest BCUT2D eigenvalue weighted by atomic mass is 10.3. The number of carbonyl (C=O) groups excluding carboxylic acids is 3. The van der Waals surface area contributed by atoms with E-state index in [0.717, 1.165) is 18.0 Å². The van der Waals surface area contributed by atoms with Crippen LogP contribution >= 0.6 is 0 Å². The molecule has 0 aromatic rings. The number of rotatable bonds is 2. The summed E-state index contributed by atoms with van der Waals surface area (Å²) >= 11 is 0. The second-order valence-electron chi connectivity index (χ2n) is 4.36. The van der Waals surface area contributed by atoms with Crippen molar-refractivity contribution < 1.29 is 14.4 Å². The van der Waals surface area contributed by atoms with Crippen molar-refractivity contribution in [3.8, 4) is 0 Å². The molecule has 0 atom stereocenters. The minimum Gasteiger partial charge on any atom is -0.332 e. The van der Waals surface area contributed by atoms with E-state index in [4.69, 9.17) is 5.73 Å². The third-order valence-corrected chi connectivity index (χ3v) is 2.95. The van der Waals surface area contributed by atoms with Crippen LogP contribution < -0.4 is 5.73 Å². The number of piperazine rings is 1. The molecule has 1 saturated heterocycles. The summed E-state index contributed by atoms with van der Waals surface area (Å²) in [6.45, 7) is 3.97. The van der Waals surface area contributed by atoms with Gasteiger partial charge in [0.05, 0.1) is 0 Å². The summed E-state index contributed by atoms with van der Waals surface area (Å²) in [5.41, 5.74) is 5.32. The number of likely N-dealkylation sites (N-methyl/N-ethyl adjacent to an activating group) is 1. The lowest BCUT2D eigenvalue weighted by Crippen LogP contribution is -2.53. The van der Waals surface area contributed by atoms with Gasteiger partial charge in [-0.25, -0.2) is 0 Å². The van der Waals surface area contributed by atoms with Crippen LogP contribution in [0.1, 0.15) is 6.92 Å². The zero-order valence-electron chi connectivity index (χ0n) is 10.9. The van der Waals surface area contributed by atoms with Crippen LogP contribution in [0.4, 0.5) is 0 Å². The van der Waals surface area contributed by atoms with Gasteiger partial charge in [0.2, 0.25) is 5.91 Å². The van der Waals surface area contributed by atoms with Gasteiger partial charge in [-0.1, -0.05) is 0 Å². The molecule has 0 spiro atoms. The van der Waals surface area contributed by atoms with Gasteiger partial charge in [0, 0.05) is 46.2 Å². The maximum absolute atomic E-state index is 11.9. The summed E-state index contributed by atoms with van der Waals surface area (Å²) in [6, 6.07) is 0. The standard InChI is InChI=1S/C11H20N4O3/c1-9(16)15(4-3-12)11(18)10(17)14-7-5-13(2)6-8-14/h3-8,12H2,1-2H3. The molecule has 7 nitrogen and oxygen atoms in total. The summed E-state index contributed by atoms with van der Waals surface area (Å²) in [7, 11) is 1.96. The molecule has 1 aliphatic rings. The van der Waals surface area contributed by atoms with E-state index in [0.29, 0.717) is 13.1 Å². The molecule has 1 heterocycles. The van der Waals surface area contributed by atoms with Crippen molar-refractivity contribution >= 4 is 17.7 Å². The number of nitrogens with zero attached hydrogens (tertiary/aromatic N) is 3. The minimum atomic E-state index is -0.780. The molecule has 1 fully saturated rings. The molecule has 0 aliphatic carbocycles. The van der Waals surface area contributed by atoms with Crippen LogP contribution in [0.3, 0.4) is 0 Å². The van der Waals surface area contributed by atoms with Gasteiger partial charge in [0.15, 0.2) is 0 Å². The van der Waals surface area contributed by atoms with Gasteiger partial charge < -0.3 is 15.5 Å². The Morgan fingerprint density at radius 2 is 1.72 bits per heavy atom. The van der Waals surface area contributed by atoms with E-state index in [-0.39, 0.29) is 13.1 Å². The molecular weight excluding hydrogens is 236 g/mol. The highest BCUT2D eigenvalue weighted by atomic mass is 16.2. The highest BCUT2D eigenvalue weighted by molar-refractivity contribution is 6.37. The maximum atomic E-state index is 11.9. The van der Waals surface area contributed by atoms with Crippen molar-refractivity contribution in [1.82, 2.24) is 14.7 Å². The number of hydrogen-bond donors (Lipinski definition) is 1. The normalized spacial score (nSPS) is 16.5. The van der Waals surface area contributed by atoms with E-state index >= 15 is 0 Å². The first-order chi connectivity index (χ1) is 8.47. The number of amides is 3. The Balaban J connectivity index is 2.64. The quantitative estimate of drug-likeness (QED) is 0.583. The first-order valence-corrected chi connectivity index (χ1v) is 5.97. The van der Waals surface area contributed by atoms with Crippen molar-refractivity contribution in [2.45, 2.75) is 6.92 Å². The van der Waals surface area contributed by atoms with Gasteiger partial charge in [0.1, 0.15) is 0 Å². The molecule has 102 valence electrons. The van der Waals surface area contributed by atoms with Crippen molar-refractivity contribution in [2.24, 2.45) is 5.73 Å². The fourth-order valence-corrected chi connectivity index (χ4v) is 1.79. The SMILES string of the molecule is CC(=O)N(CCN)C(=O)C(=O)N1CCN(C)CC1. The predicted octanol–water partition coefficient (Wildman–Crippen LogP) is -1.91. The molecular formula is C11H20N4O3. The summed E-state index contributed by atoms with van der Waals surface area (Å²) in [5, 5.41) is 0. The van der Waals surface area contributed by atoms with Gasteiger partial charge in [-0.15, -0.1) is 0 Å². The summed E-state index contributed by atoms with van der Waals surface area (Å²) in [4.78, 5) is 39.6. The lowest BCUT2D eigenvalue weighted by Gasteiger charge is -2.32. The summed E-state index contributed by atoms with van der Waals surface area (Å²) < 4.78 is 0. The topological polar surface area (TPSA) is 86.9 Å². The fraction of sp³-hybridized carbons (Fsp3) is 0.727. The second-order valence-corrected chi connectivity index (χ2v) is 4.36. The Morgan fingerprint density at radius 1 is 1.17 bits per heavy atom. The molecule has 7 heteroatoms. The third-order valence-electron chi connectivity index (χ3n) is 2.95. The Labute approximate surface area is 106 Å². The maximum Gasteiger partial charge on any atom is 0.318 e. The molecule has 2 N–H and O–H groups in total. The van der Waals surface area contributed by atoms with Crippen LogP contribution in [-0.4, -0.2) is 78.7 Å². The zero-order chi connectivity index (χ0) is 13.7. The number of carbonyl (C=O) groups is 3. The molecule has 0 aromatic carbocycles. The average Bonchev–Trinajstić information content (AvgIpc) is 2.35. The Hall–Kier alpha value is -1.47. The molecule has 0 unspecified atom stereocenters. The second kappa shape index (κ2) is 6.46. The van der Waals surface area contributed by atoms with E-state index in [1.807, 2.05) is 7.05 Å². The molecule has 1 rings (SSSR count). The number of hydrogen-bond acceptors (Lipinski definition) is 5. The molecule has 1 aliphatic heterocycles. The number of nitrogens with two attached hydrogens (primary N) is 1. The van der Waals surface area contributed by atoms with Crippen LogP contribution in [-0.2, 0) is 14.4 Å². The molecule has 0 radical (unpaired) electrons. The van der Waals surface area contributed by atoms with E-state index in [9.17, 15) is 14.4 Å². The fourth-order valence-electron chi connectivity index (χ4n) is 1.79. The Bertz CT molecular complexity index is 337. The monoisotopic (exact) mass is 256 g/mol.